The molecule has 2 N–H and O–H groups in total. The largest absolute Gasteiger partial charge is 0.392 e. The van der Waals surface area contributed by atoms with Crippen LogP contribution in [0.1, 0.15) is 16.7 Å². The van der Waals surface area contributed by atoms with Crippen molar-refractivity contribution in [3.8, 4) is 11.3 Å². The molecule has 0 spiro atoms. The maximum Gasteiger partial charge on any atom is 0.277 e. The number of fused-ring (bicyclic) bond motifs is 1. The Morgan fingerprint density at radius 3 is 2.58 bits per heavy atom. The van der Waals surface area contributed by atoms with Crippen molar-refractivity contribution >= 4 is 17.1 Å². The first-order chi connectivity index (χ1) is 14.9. The van der Waals surface area contributed by atoms with Crippen LogP contribution in [0.4, 0.5) is 10.1 Å². The number of nitrogens with one attached hydrogen (secondary N) is 1. The molecule has 0 saturated heterocycles. The van der Waals surface area contributed by atoms with Crippen molar-refractivity contribution in [2.24, 2.45) is 0 Å². The van der Waals surface area contributed by atoms with Crippen LogP contribution in [0.15, 0.2) is 59.7 Å². The number of hydrogen-bond donors (Lipinski definition) is 2. The maximum atomic E-state index is 13.3. The first-order valence-corrected chi connectivity index (χ1v) is 9.72. The van der Waals surface area contributed by atoms with Gasteiger partial charge in [-0.2, -0.15) is 5.10 Å². The number of carbonyl (C=O) groups is 1. The molecule has 0 bridgehead atoms. The fraction of sp³-hybridized carbons (Fsp3) is 0.174. The summed E-state index contributed by atoms with van der Waals surface area (Å²) in [7, 11) is 0. The Balaban J connectivity index is 1.69. The van der Waals surface area contributed by atoms with E-state index in [2.05, 4.69) is 10.4 Å². The van der Waals surface area contributed by atoms with E-state index in [0.717, 1.165) is 11.1 Å². The third-order valence-corrected chi connectivity index (χ3v) is 5.33. The zero-order valence-electron chi connectivity index (χ0n) is 17.1. The fourth-order valence-corrected chi connectivity index (χ4v) is 3.50. The summed E-state index contributed by atoms with van der Waals surface area (Å²) in [6, 6.07) is 11.3. The Morgan fingerprint density at radius 2 is 1.87 bits per heavy atom. The highest BCUT2D eigenvalue weighted by Gasteiger charge is 2.18. The lowest BCUT2D eigenvalue weighted by Crippen LogP contribution is -2.28. The van der Waals surface area contributed by atoms with Crippen molar-refractivity contribution < 1.29 is 14.3 Å². The molecule has 0 aliphatic carbocycles. The predicted octanol–water partition coefficient (Wildman–Crippen LogP) is 3.05. The molecule has 2 heterocycles. The minimum Gasteiger partial charge on any atom is -0.392 e. The first kappa shape index (κ1) is 20.5. The number of aliphatic hydroxyl groups is 1. The summed E-state index contributed by atoms with van der Waals surface area (Å²) in [6.07, 6.45) is 3.02. The van der Waals surface area contributed by atoms with Gasteiger partial charge in [0.2, 0.25) is 5.91 Å². The number of hydrogen-bond acceptors (Lipinski definition) is 4. The van der Waals surface area contributed by atoms with Gasteiger partial charge in [-0.05, 0) is 55.3 Å². The topological polar surface area (TPSA) is 88.6 Å². The highest BCUT2D eigenvalue weighted by atomic mass is 19.1. The minimum atomic E-state index is -0.455. The molecular formula is C23H21FN4O3. The summed E-state index contributed by atoms with van der Waals surface area (Å²) < 4.78 is 15.9. The molecule has 1 amide bonds. The van der Waals surface area contributed by atoms with Gasteiger partial charge in [-0.15, -0.1) is 0 Å². The number of rotatable bonds is 5. The first-order valence-electron chi connectivity index (χ1n) is 9.72. The summed E-state index contributed by atoms with van der Waals surface area (Å²) in [5, 5.41) is 17.1. The molecule has 0 atom stereocenters. The highest BCUT2D eigenvalue weighted by molar-refractivity contribution is 5.91. The van der Waals surface area contributed by atoms with Crippen LogP contribution in [-0.4, -0.2) is 25.2 Å². The van der Waals surface area contributed by atoms with Crippen molar-refractivity contribution in [2.45, 2.75) is 27.0 Å². The highest BCUT2D eigenvalue weighted by Crippen LogP contribution is 2.25. The molecule has 8 heteroatoms. The summed E-state index contributed by atoms with van der Waals surface area (Å²) in [5.74, 6) is -0.737. The third-order valence-electron chi connectivity index (χ3n) is 5.33. The van der Waals surface area contributed by atoms with Crippen molar-refractivity contribution in [3.05, 3.63) is 87.7 Å². The minimum absolute atomic E-state index is 0.170. The van der Waals surface area contributed by atoms with Gasteiger partial charge in [-0.25, -0.2) is 8.91 Å². The monoisotopic (exact) mass is 420 g/mol. The van der Waals surface area contributed by atoms with Crippen LogP contribution in [0.5, 0.6) is 0 Å². The average molecular weight is 420 g/mol. The Morgan fingerprint density at radius 1 is 1.13 bits per heavy atom. The number of nitrogens with zero attached hydrogens (tertiary/aromatic N) is 3. The lowest BCUT2D eigenvalue weighted by molar-refractivity contribution is -0.116. The SMILES string of the molecule is Cc1cccc(NC(=O)Cn2ccn3nc(-c4ccc(F)cc4)c(CO)c3c2=O)c1C. The van der Waals surface area contributed by atoms with Gasteiger partial charge in [0, 0.05) is 29.2 Å². The molecule has 158 valence electrons. The number of amides is 1. The van der Waals surface area contributed by atoms with Gasteiger partial charge in [-0.1, -0.05) is 12.1 Å². The number of carbonyl (C=O) groups excluding carboxylic acids is 1. The summed E-state index contributed by atoms with van der Waals surface area (Å²) >= 11 is 0. The number of benzene rings is 2. The standard InChI is InChI=1S/C23H21FN4O3/c1-14-4-3-5-19(15(14)2)25-20(30)12-27-10-11-28-22(23(27)31)18(13-29)21(26-28)16-6-8-17(24)9-7-16/h3-11,29H,12-13H2,1-2H3,(H,25,30). The maximum absolute atomic E-state index is 13.3. The van der Waals surface area contributed by atoms with E-state index in [0.29, 0.717) is 22.5 Å². The van der Waals surface area contributed by atoms with Crippen LogP contribution in [0.3, 0.4) is 0 Å². The van der Waals surface area contributed by atoms with Crippen LogP contribution >= 0.6 is 0 Å². The number of aliphatic hydroxyl groups excluding tert-OH is 1. The van der Waals surface area contributed by atoms with Crippen LogP contribution < -0.4 is 10.9 Å². The Hall–Kier alpha value is -3.78. The van der Waals surface area contributed by atoms with E-state index in [4.69, 9.17) is 0 Å². The van der Waals surface area contributed by atoms with Crippen LogP contribution in [0.25, 0.3) is 16.8 Å². The van der Waals surface area contributed by atoms with Gasteiger partial charge in [0.05, 0.1) is 12.3 Å². The Labute approximate surface area is 177 Å². The van der Waals surface area contributed by atoms with E-state index < -0.39 is 18.0 Å². The second-order valence-corrected chi connectivity index (χ2v) is 7.31. The molecule has 0 unspecified atom stereocenters. The molecule has 31 heavy (non-hydrogen) atoms. The van der Waals surface area contributed by atoms with Gasteiger partial charge in [0.1, 0.15) is 17.9 Å². The molecule has 4 aromatic rings. The fourth-order valence-electron chi connectivity index (χ4n) is 3.50. The molecule has 0 radical (unpaired) electrons. The van der Waals surface area contributed by atoms with Crippen LogP contribution in [0, 0.1) is 19.7 Å². The zero-order valence-corrected chi connectivity index (χ0v) is 17.1. The van der Waals surface area contributed by atoms with E-state index >= 15 is 0 Å². The van der Waals surface area contributed by atoms with E-state index in [9.17, 15) is 19.1 Å². The zero-order chi connectivity index (χ0) is 22.1. The van der Waals surface area contributed by atoms with Gasteiger partial charge in [0.15, 0.2) is 0 Å². The molecule has 0 aliphatic rings. The molecule has 0 saturated carbocycles. The van der Waals surface area contributed by atoms with Crippen molar-refractivity contribution in [2.75, 3.05) is 5.32 Å². The van der Waals surface area contributed by atoms with E-state index in [1.54, 1.807) is 6.20 Å². The second-order valence-electron chi connectivity index (χ2n) is 7.31. The van der Waals surface area contributed by atoms with Gasteiger partial charge in [0.25, 0.3) is 5.56 Å². The van der Waals surface area contributed by atoms with E-state index in [1.165, 1.54) is 39.5 Å². The van der Waals surface area contributed by atoms with Crippen molar-refractivity contribution in [1.29, 1.82) is 0 Å². The van der Waals surface area contributed by atoms with E-state index in [1.807, 2.05) is 32.0 Å². The summed E-state index contributed by atoms with van der Waals surface area (Å²) in [4.78, 5) is 25.6. The molecule has 7 nitrogen and oxygen atoms in total. The normalized spacial score (nSPS) is 11.1. The molecule has 2 aromatic carbocycles. The van der Waals surface area contributed by atoms with Crippen molar-refractivity contribution in [3.63, 3.8) is 0 Å². The third kappa shape index (κ3) is 3.85. The summed E-state index contributed by atoms with van der Waals surface area (Å²) in [6.45, 7) is 3.26. The van der Waals surface area contributed by atoms with Crippen LogP contribution in [0.2, 0.25) is 0 Å². The van der Waals surface area contributed by atoms with Crippen molar-refractivity contribution in [1.82, 2.24) is 14.2 Å². The Bertz CT molecular complexity index is 1340. The molecule has 4 rings (SSSR count). The lowest BCUT2D eigenvalue weighted by atomic mass is 10.1. The Kier molecular flexibility index (Phi) is 5.39. The lowest BCUT2D eigenvalue weighted by Gasteiger charge is -2.11. The quantitative estimate of drug-likeness (QED) is 0.519. The number of aryl methyl sites for hydroxylation is 1. The number of halogens is 1. The molecule has 2 aromatic heterocycles. The number of aromatic nitrogens is 3. The van der Waals surface area contributed by atoms with Gasteiger partial charge in [-0.3, -0.25) is 9.59 Å². The average Bonchev–Trinajstić information content (AvgIpc) is 3.13. The summed E-state index contributed by atoms with van der Waals surface area (Å²) in [5.41, 5.74) is 3.70. The van der Waals surface area contributed by atoms with E-state index in [-0.39, 0.29) is 18.0 Å². The smallest absolute Gasteiger partial charge is 0.277 e. The number of anilines is 1. The second kappa shape index (κ2) is 8.16. The van der Waals surface area contributed by atoms with Gasteiger partial charge < -0.3 is 15.0 Å². The molecule has 0 aliphatic heterocycles. The van der Waals surface area contributed by atoms with Gasteiger partial charge >= 0.3 is 0 Å². The molecular weight excluding hydrogens is 399 g/mol. The molecule has 0 fully saturated rings. The van der Waals surface area contributed by atoms with Crippen LogP contribution in [-0.2, 0) is 17.9 Å². The predicted molar refractivity (Wildman–Crippen MR) is 115 cm³/mol.